The SMILES string of the molecule is CC/C=C\C/C=C\C/C=C\C/C=C\CCCCCCCCCCC(=O)NC(COC1OC(CO)C(OC2OC(CO)C(O)C(O)C2O)C(O)C1O)C(O)/C=C/CC/C=C/CCCCCCCCCCCCCCCCCCCC. The van der Waals surface area contributed by atoms with Crippen LogP contribution in [0.5, 0.6) is 0 Å². The first-order valence-electron chi connectivity index (χ1n) is 31.7. The van der Waals surface area contributed by atoms with Crippen LogP contribution >= 0.6 is 0 Å². The zero-order chi connectivity index (χ0) is 57.4. The van der Waals surface area contributed by atoms with Crippen molar-refractivity contribution in [2.45, 2.75) is 312 Å². The molecule has 0 spiro atoms. The number of unbranched alkanes of at least 4 members (excludes halogenated alkanes) is 27. The molecule has 2 heterocycles. The number of carbonyl (C=O) groups is 1. The van der Waals surface area contributed by atoms with Gasteiger partial charge >= 0.3 is 0 Å². The van der Waals surface area contributed by atoms with Gasteiger partial charge in [-0.15, -0.1) is 0 Å². The van der Waals surface area contributed by atoms with E-state index in [1.54, 1.807) is 6.08 Å². The highest BCUT2D eigenvalue weighted by Crippen LogP contribution is 2.30. The normalized spacial score (nSPS) is 24.9. The average Bonchev–Trinajstić information content (AvgIpc) is 3.47. The van der Waals surface area contributed by atoms with E-state index in [9.17, 15) is 45.6 Å². The van der Waals surface area contributed by atoms with E-state index in [0.29, 0.717) is 12.8 Å². The molecule has 0 aromatic carbocycles. The number of aliphatic hydroxyl groups excluding tert-OH is 8. The molecule has 2 rings (SSSR count). The summed E-state index contributed by atoms with van der Waals surface area (Å²) in [5, 5.41) is 87.2. The number of amides is 1. The number of hydrogen-bond acceptors (Lipinski definition) is 13. The Morgan fingerprint density at radius 1 is 0.468 bits per heavy atom. The molecule has 9 N–H and O–H groups in total. The molecule has 2 aliphatic rings. The molecule has 79 heavy (non-hydrogen) atoms. The predicted molar refractivity (Wildman–Crippen MR) is 318 cm³/mol. The Bertz CT molecular complexity index is 1600. The third kappa shape index (κ3) is 35.2. The van der Waals surface area contributed by atoms with Gasteiger partial charge in [0, 0.05) is 6.42 Å². The summed E-state index contributed by atoms with van der Waals surface area (Å²) in [4.78, 5) is 13.3. The Kier molecular flexibility index (Phi) is 45.9. The number of carbonyl (C=O) groups excluding carboxylic acids is 1. The van der Waals surface area contributed by atoms with Crippen LogP contribution in [0.15, 0.2) is 72.9 Å². The summed E-state index contributed by atoms with van der Waals surface area (Å²) in [5.74, 6) is -0.259. The van der Waals surface area contributed by atoms with Gasteiger partial charge in [0.05, 0.1) is 32.0 Å². The number of rotatable bonds is 50. The van der Waals surface area contributed by atoms with E-state index < -0.39 is 86.8 Å². The van der Waals surface area contributed by atoms with Gasteiger partial charge in [0.25, 0.3) is 0 Å². The maximum atomic E-state index is 13.3. The number of allylic oxidation sites excluding steroid dienone is 11. The molecule has 458 valence electrons. The molecule has 2 aliphatic heterocycles. The number of hydrogen-bond donors (Lipinski definition) is 9. The van der Waals surface area contributed by atoms with E-state index >= 15 is 0 Å². The van der Waals surface area contributed by atoms with E-state index in [0.717, 1.165) is 70.6 Å². The minimum absolute atomic E-state index is 0.259. The van der Waals surface area contributed by atoms with E-state index in [1.165, 1.54) is 135 Å². The Labute approximate surface area is 478 Å². The standard InChI is InChI=1S/C65H115NO13/c1-3-5-7-9-11-13-15-17-19-21-23-25-26-27-29-30-32-34-36-38-40-42-44-46-48-54(69)53(52-76-64-62(75)60(73)63(56(51-68)78-64)79-65-61(74)59(72)58(71)55(50-67)77-65)66-57(70)49-47-45-43-41-39-37-35-33-31-28-24-22-20-18-16-14-12-10-8-6-4-2/h6,8,12,14,18,20,24,28,38,40,46,48,53-56,58-65,67-69,71-75H,3-5,7,9-11,13,15-17,19,21-23,25-27,29-37,39,41-45,47,49-52H2,1-2H3,(H,66,70)/b8-6-,14-12-,20-18-,28-24-,40-38+,48-46+. The largest absolute Gasteiger partial charge is 0.394 e. The van der Waals surface area contributed by atoms with Crippen molar-refractivity contribution in [3.8, 4) is 0 Å². The molecule has 0 radical (unpaired) electrons. The van der Waals surface area contributed by atoms with Crippen LogP contribution in [-0.4, -0.2) is 140 Å². The zero-order valence-electron chi connectivity index (χ0n) is 49.3. The lowest BCUT2D eigenvalue weighted by molar-refractivity contribution is -0.359. The summed E-state index contributed by atoms with van der Waals surface area (Å²) >= 11 is 0. The first kappa shape index (κ1) is 72.5. The lowest BCUT2D eigenvalue weighted by atomic mass is 9.97. The predicted octanol–water partition coefficient (Wildman–Crippen LogP) is 11.5. The van der Waals surface area contributed by atoms with Gasteiger partial charge in [0.2, 0.25) is 5.91 Å². The smallest absolute Gasteiger partial charge is 0.220 e. The fraction of sp³-hybridized carbons (Fsp3) is 0.800. The minimum Gasteiger partial charge on any atom is -0.394 e. The van der Waals surface area contributed by atoms with Crippen LogP contribution in [-0.2, 0) is 23.7 Å². The highest BCUT2D eigenvalue weighted by molar-refractivity contribution is 5.76. The summed E-state index contributed by atoms with van der Waals surface area (Å²) in [5.41, 5.74) is 0. The Hall–Kier alpha value is -2.57. The van der Waals surface area contributed by atoms with Crippen LogP contribution < -0.4 is 5.32 Å². The maximum Gasteiger partial charge on any atom is 0.220 e. The van der Waals surface area contributed by atoms with Crippen molar-refractivity contribution in [3.63, 3.8) is 0 Å². The molecule has 1 amide bonds. The van der Waals surface area contributed by atoms with Gasteiger partial charge < -0.3 is 65.1 Å². The number of ether oxygens (including phenoxy) is 4. The van der Waals surface area contributed by atoms with Crippen molar-refractivity contribution in [1.82, 2.24) is 5.32 Å². The fourth-order valence-electron chi connectivity index (χ4n) is 10.1. The lowest BCUT2D eigenvalue weighted by Crippen LogP contribution is -2.65. The molecule has 14 nitrogen and oxygen atoms in total. The lowest BCUT2D eigenvalue weighted by Gasteiger charge is -2.46. The van der Waals surface area contributed by atoms with Crippen LogP contribution in [0.2, 0.25) is 0 Å². The molecule has 2 saturated heterocycles. The van der Waals surface area contributed by atoms with Crippen molar-refractivity contribution < 1.29 is 64.6 Å². The van der Waals surface area contributed by atoms with Gasteiger partial charge in [-0.25, -0.2) is 0 Å². The highest BCUT2D eigenvalue weighted by atomic mass is 16.7. The van der Waals surface area contributed by atoms with Crippen molar-refractivity contribution in [2.75, 3.05) is 19.8 Å². The van der Waals surface area contributed by atoms with Gasteiger partial charge in [-0.3, -0.25) is 4.79 Å². The Morgan fingerprint density at radius 2 is 0.886 bits per heavy atom. The molecule has 0 bridgehead atoms. The second-order valence-electron chi connectivity index (χ2n) is 22.1. The van der Waals surface area contributed by atoms with Crippen LogP contribution in [0.4, 0.5) is 0 Å². The number of aliphatic hydroxyl groups is 8. The highest BCUT2D eigenvalue weighted by Gasteiger charge is 2.51. The molecule has 0 aliphatic carbocycles. The van der Waals surface area contributed by atoms with E-state index in [-0.39, 0.29) is 18.9 Å². The van der Waals surface area contributed by atoms with Crippen LogP contribution in [0.1, 0.15) is 239 Å². The Morgan fingerprint density at radius 3 is 1.39 bits per heavy atom. The second kappa shape index (κ2) is 50.0. The monoisotopic (exact) mass is 1120 g/mol. The third-order valence-corrected chi connectivity index (χ3v) is 15.1. The molecule has 0 aromatic heterocycles. The molecule has 0 saturated carbocycles. The second-order valence-corrected chi connectivity index (χ2v) is 22.1. The quantitative estimate of drug-likeness (QED) is 0.0204. The summed E-state index contributed by atoms with van der Waals surface area (Å²) in [6.07, 6.45) is 49.4. The summed E-state index contributed by atoms with van der Waals surface area (Å²) < 4.78 is 22.8. The number of nitrogens with one attached hydrogen (secondary N) is 1. The van der Waals surface area contributed by atoms with Gasteiger partial charge in [0.1, 0.15) is 48.8 Å². The topological polar surface area (TPSA) is 228 Å². The molecule has 2 fully saturated rings. The molecule has 14 heteroatoms. The summed E-state index contributed by atoms with van der Waals surface area (Å²) in [7, 11) is 0. The minimum atomic E-state index is -1.79. The maximum absolute atomic E-state index is 13.3. The van der Waals surface area contributed by atoms with E-state index in [2.05, 4.69) is 79.9 Å². The van der Waals surface area contributed by atoms with Gasteiger partial charge in [-0.1, -0.05) is 234 Å². The summed E-state index contributed by atoms with van der Waals surface area (Å²) in [6.45, 7) is 2.68. The zero-order valence-corrected chi connectivity index (χ0v) is 49.3. The average molecular weight is 1120 g/mol. The summed E-state index contributed by atoms with van der Waals surface area (Å²) in [6, 6.07) is -0.941. The van der Waals surface area contributed by atoms with Crippen molar-refractivity contribution in [2.24, 2.45) is 0 Å². The molecule has 12 atom stereocenters. The van der Waals surface area contributed by atoms with E-state index in [1.807, 2.05) is 6.08 Å². The van der Waals surface area contributed by atoms with Crippen molar-refractivity contribution in [3.05, 3.63) is 72.9 Å². The van der Waals surface area contributed by atoms with Crippen molar-refractivity contribution in [1.29, 1.82) is 0 Å². The van der Waals surface area contributed by atoms with E-state index in [4.69, 9.17) is 18.9 Å². The van der Waals surface area contributed by atoms with Gasteiger partial charge in [0.15, 0.2) is 12.6 Å². The van der Waals surface area contributed by atoms with Crippen LogP contribution in [0.3, 0.4) is 0 Å². The fourth-order valence-corrected chi connectivity index (χ4v) is 10.1. The van der Waals surface area contributed by atoms with Gasteiger partial charge in [-0.2, -0.15) is 0 Å². The third-order valence-electron chi connectivity index (χ3n) is 15.1. The van der Waals surface area contributed by atoms with Crippen LogP contribution in [0.25, 0.3) is 0 Å². The first-order valence-corrected chi connectivity index (χ1v) is 31.7. The first-order chi connectivity index (χ1) is 38.6. The van der Waals surface area contributed by atoms with Gasteiger partial charge in [-0.05, 0) is 70.6 Å². The molecular weight excluding hydrogens is 1000 g/mol. The van der Waals surface area contributed by atoms with Crippen molar-refractivity contribution >= 4 is 5.91 Å². The molecular formula is C65H115NO13. The Balaban J connectivity index is 1.76. The molecule has 0 aromatic rings. The molecule has 12 unspecified atom stereocenters. The van der Waals surface area contributed by atoms with Crippen LogP contribution in [0, 0.1) is 0 Å².